The summed E-state index contributed by atoms with van der Waals surface area (Å²) in [5.74, 6) is 0.106. The fraction of sp³-hybridized carbons (Fsp3) is 0.600. The predicted molar refractivity (Wildman–Crippen MR) is 73.6 cm³/mol. The monoisotopic (exact) mass is 262 g/mol. The van der Waals surface area contributed by atoms with Crippen LogP contribution in [0.5, 0.6) is 0 Å². The summed E-state index contributed by atoms with van der Waals surface area (Å²) < 4.78 is 0. The molecule has 0 aromatic carbocycles. The first-order valence-electron chi connectivity index (χ1n) is 6.90. The highest BCUT2D eigenvalue weighted by atomic mass is 16.3. The van der Waals surface area contributed by atoms with Gasteiger partial charge in [-0.15, -0.1) is 0 Å². The first-order chi connectivity index (χ1) is 9.01. The maximum atomic E-state index is 12.3. The van der Waals surface area contributed by atoms with E-state index in [4.69, 9.17) is 0 Å². The molecule has 0 spiro atoms. The zero-order valence-electron chi connectivity index (χ0n) is 11.7. The van der Waals surface area contributed by atoms with Crippen molar-refractivity contribution in [1.82, 2.24) is 9.88 Å². The lowest BCUT2D eigenvalue weighted by atomic mass is 9.87. The summed E-state index contributed by atoms with van der Waals surface area (Å²) in [6, 6.07) is 5.74. The van der Waals surface area contributed by atoms with Crippen molar-refractivity contribution >= 4 is 5.91 Å². The Bertz CT molecular complexity index is 431. The van der Waals surface area contributed by atoms with Gasteiger partial charge in [0.05, 0.1) is 11.6 Å². The SMILES string of the molecule is CC1(C)C(O)CCCN1C(=O)CCc1ccccn1. The third-order valence-corrected chi connectivity index (χ3v) is 3.99. The van der Waals surface area contributed by atoms with Gasteiger partial charge in [-0.1, -0.05) is 6.07 Å². The van der Waals surface area contributed by atoms with E-state index in [1.165, 1.54) is 0 Å². The van der Waals surface area contributed by atoms with Crippen LogP contribution in [0.2, 0.25) is 0 Å². The Morgan fingerprint density at radius 3 is 3.00 bits per heavy atom. The highest BCUT2D eigenvalue weighted by Crippen LogP contribution is 2.28. The number of hydrogen-bond donors (Lipinski definition) is 1. The number of aliphatic hydroxyl groups is 1. The van der Waals surface area contributed by atoms with Gasteiger partial charge in [0.1, 0.15) is 0 Å². The van der Waals surface area contributed by atoms with Gasteiger partial charge in [0, 0.05) is 24.9 Å². The van der Waals surface area contributed by atoms with Crippen LogP contribution in [0.3, 0.4) is 0 Å². The maximum Gasteiger partial charge on any atom is 0.223 e. The fourth-order valence-electron chi connectivity index (χ4n) is 2.63. The average molecular weight is 262 g/mol. The Balaban J connectivity index is 1.96. The van der Waals surface area contributed by atoms with Crippen molar-refractivity contribution in [3.05, 3.63) is 30.1 Å². The van der Waals surface area contributed by atoms with Crippen LogP contribution in [-0.2, 0) is 11.2 Å². The molecule has 1 amide bonds. The van der Waals surface area contributed by atoms with E-state index in [2.05, 4.69) is 4.98 Å². The van der Waals surface area contributed by atoms with Crippen LogP contribution >= 0.6 is 0 Å². The number of nitrogens with zero attached hydrogens (tertiary/aromatic N) is 2. The van der Waals surface area contributed by atoms with Crippen LogP contribution in [0.25, 0.3) is 0 Å². The van der Waals surface area contributed by atoms with Gasteiger partial charge in [0.15, 0.2) is 0 Å². The summed E-state index contributed by atoms with van der Waals surface area (Å²) in [6.07, 6.45) is 4.07. The lowest BCUT2D eigenvalue weighted by Crippen LogP contribution is -2.58. The van der Waals surface area contributed by atoms with Crippen molar-refractivity contribution < 1.29 is 9.90 Å². The van der Waals surface area contributed by atoms with E-state index in [9.17, 15) is 9.90 Å². The molecule has 104 valence electrons. The molecule has 4 heteroatoms. The van der Waals surface area contributed by atoms with E-state index < -0.39 is 11.6 Å². The molecule has 1 N–H and O–H groups in total. The Labute approximate surface area is 114 Å². The van der Waals surface area contributed by atoms with Gasteiger partial charge in [-0.05, 0) is 45.2 Å². The van der Waals surface area contributed by atoms with Crippen molar-refractivity contribution in [2.45, 2.75) is 51.2 Å². The molecule has 1 atom stereocenters. The van der Waals surface area contributed by atoms with Gasteiger partial charge < -0.3 is 10.0 Å². The van der Waals surface area contributed by atoms with E-state index in [0.717, 1.165) is 25.1 Å². The average Bonchev–Trinajstić information content (AvgIpc) is 2.40. The smallest absolute Gasteiger partial charge is 0.223 e. The molecule has 1 unspecified atom stereocenters. The molecule has 1 fully saturated rings. The van der Waals surface area contributed by atoms with E-state index in [1.807, 2.05) is 36.9 Å². The van der Waals surface area contributed by atoms with E-state index >= 15 is 0 Å². The van der Waals surface area contributed by atoms with Gasteiger partial charge in [-0.2, -0.15) is 0 Å². The normalized spacial score (nSPS) is 22.3. The number of rotatable bonds is 3. The molecule has 0 bridgehead atoms. The number of pyridine rings is 1. The number of aromatic nitrogens is 1. The summed E-state index contributed by atoms with van der Waals surface area (Å²) in [6.45, 7) is 4.62. The topological polar surface area (TPSA) is 53.4 Å². The second kappa shape index (κ2) is 5.70. The maximum absolute atomic E-state index is 12.3. The lowest BCUT2D eigenvalue weighted by Gasteiger charge is -2.46. The van der Waals surface area contributed by atoms with Crippen LogP contribution < -0.4 is 0 Å². The van der Waals surface area contributed by atoms with Crippen molar-refractivity contribution in [2.75, 3.05) is 6.54 Å². The van der Waals surface area contributed by atoms with Crippen LogP contribution in [0.1, 0.15) is 38.8 Å². The largest absolute Gasteiger partial charge is 0.391 e. The number of carbonyl (C=O) groups is 1. The number of aliphatic hydroxyl groups excluding tert-OH is 1. The lowest BCUT2D eigenvalue weighted by molar-refractivity contribution is -0.145. The molecule has 0 radical (unpaired) electrons. The number of amides is 1. The highest BCUT2D eigenvalue weighted by Gasteiger charge is 2.39. The minimum absolute atomic E-state index is 0.106. The third kappa shape index (κ3) is 3.13. The molecule has 1 aliphatic rings. The molecule has 4 nitrogen and oxygen atoms in total. The molecule has 2 rings (SSSR count). The van der Waals surface area contributed by atoms with E-state index in [0.29, 0.717) is 12.8 Å². The Morgan fingerprint density at radius 1 is 1.53 bits per heavy atom. The van der Waals surface area contributed by atoms with Crippen LogP contribution in [0.4, 0.5) is 0 Å². The van der Waals surface area contributed by atoms with Crippen LogP contribution in [-0.4, -0.2) is 39.1 Å². The Kier molecular flexibility index (Phi) is 4.20. The van der Waals surface area contributed by atoms with Gasteiger partial charge in [-0.25, -0.2) is 0 Å². The predicted octanol–water partition coefficient (Wildman–Crippen LogP) is 1.78. The zero-order chi connectivity index (χ0) is 13.9. The Hall–Kier alpha value is -1.42. The van der Waals surface area contributed by atoms with E-state index in [-0.39, 0.29) is 5.91 Å². The standard InChI is InChI=1S/C15H22N2O2/c1-15(2)13(18)7-5-11-17(15)14(19)9-8-12-6-3-4-10-16-12/h3-4,6,10,13,18H,5,7-9,11H2,1-2H3. The molecule has 1 aliphatic heterocycles. The number of hydrogen-bond acceptors (Lipinski definition) is 3. The number of aryl methyl sites for hydroxylation is 1. The summed E-state index contributed by atoms with van der Waals surface area (Å²) in [5, 5.41) is 10.0. The first kappa shape index (κ1) is 14.0. The minimum Gasteiger partial charge on any atom is -0.391 e. The molecule has 19 heavy (non-hydrogen) atoms. The summed E-state index contributed by atoms with van der Waals surface area (Å²) in [5.41, 5.74) is 0.477. The molecule has 1 aromatic heterocycles. The quantitative estimate of drug-likeness (QED) is 0.903. The van der Waals surface area contributed by atoms with Crippen molar-refractivity contribution in [3.8, 4) is 0 Å². The van der Waals surface area contributed by atoms with Gasteiger partial charge in [0.25, 0.3) is 0 Å². The molecule has 2 heterocycles. The zero-order valence-corrected chi connectivity index (χ0v) is 11.7. The summed E-state index contributed by atoms with van der Waals surface area (Å²) in [7, 11) is 0. The first-order valence-corrected chi connectivity index (χ1v) is 6.90. The molecular formula is C15H22N2O2. The second-order valence-corrected chi connectivity index (χ2v) is 5.68. The molecule has 0 aliphatic carbocycles. The van der Waals surface area contributed by atoms with Crippen molar-refractivity contribution in [1.29, 1.82) is 0 Å². The summed E-state index contributed by atoms with van der Waals surface area (Å²) in [4.78, 5) is 18.4. The second-order valence-electron chi connectivity index (χ2n) is 5.68. The van der Waals surface area contributed by atoms with Gasteiger partial charge in [0.2, 0.25) is 5.91 Å². The minimum atomic E-state index is -0.459. The van der Waals surface area contributed by atoms with Crippen molar-refractivity contribution in [3.63, 3.8) is 0 Å². The van der Waals surface area contributed by atoms with Gasteiger partial charge in [-0.3, -0.25) is 9.78 Å². The fourth-order valence-corrected chi connectivity index (χ4v) is 2.63. The number of piperidine rings is 1. The van der Waals surface area contributed by atoms with Crippen LogP contribution in [0.15, 0.2) is 24.4 Å². The van der Waals surface area contributed by atoms with E-state index in [1.54, 1.807) is 6.20 Å². The van der Waals surface area contributed by atoms with Crippen LogP contribution in [0, 0.1) is 0 Å². The highest BCUT2D eigenvalue weighted by molar-refractivity contribution is 5.77. The van der Waals surface area contributed by atoms with Gasteiger partial charge >= 0.3 is 0 Å². The third-order valence-electron chi connectivity index (χ3n) is 3.99. The number of likely N-dealkylation sites (tertiary alicyclic amines) is 1. The molecule has 0 saturated carbocycles. The number of carbonyl (C=O) groups excluding carboxylic acids is 1. The Morgan fingerprint density at radius 2 is 2.32 bits per heavy atom. The molecule has 1 aromatic rings. The molecule has 1 saturated heterocycles. The van der Waals surface area contributed by atoms with Crippen molar-refractivity contribution in [2.24, 2.45) is 0 Å². The molecular weight excluding hydrogens is 240 g/mol. The summed E-state index contributed by atoms with van der Waals surface area (Å²) >= 11 is 0.